The van der Waals surface area contributed by atoms with Crippen molar-refractivity contribution in [2.75, 3.05) is 6.54 Å². The molecule has 3 heteroatoms. The number of rotatable bonds is 5. The first kappa shape index (κ1) is 15.8. The average molecular weight is 391 g/mol. The van der Waals surface area contributed by atoms with Crippen molar-refractivity contribution in [3.63, 3.8) is 0 Å². The molecule has 1 amide bonds. The highest BCUT2D eigenvalue weighted by Crippen LogP contribution is 2.16. The zero-order chi connectivity index (χ0) is 15.2. The van der Waals surface area contributed by atoms with Crippen molar-refractivity contribution in [3.8, 4) is 0 Å². The zero-order valence-electron chi connectivity index (χ0n) is 12.1. The van der Waals surface area contributed by atoms with Crippen molar-refractivity contribution in [2.45, 2.75) is 13.5 Å². The van der Waals surface area contributed by atoms with Gasteiger partial charge in [0.25, 0.3) is 5.91 Å². The summed E-state index contributed by atoms with van der Waals surface area (Å²) in [5, 5.41) is 0. The maximum absolute atomic E-state index is 12.8. The largest absolute Gasteiger partial charge is 0.330 e. The Morgan fingerprint density at radius 2 is 1.71 bits per heavy atom. The van der Waals surface area contributed by atoms with Gasteiger partial charge >= 0.3 is 0 Å². The molecule has 2 aromatic rings. The van der Waals surface area contributed by atoms with Crippen LogP contribution in [-0.2, 0) is 6.54 Å². The van der Waals surface area contributed by atoms with E-state index in [9.17, 15) is 4.79 Å². The lowest BCUT2D eigenvalue weighted by Crippen LogP contribution is -2.32. The Labute approximate surface area is 139 Å². The van der Waals surface area contributed by atoms with Gasteiger partial charge in [0.1, 0.15) is 0 Å². The normalized spacial score (nSPS) is 10.2. The van der Waals surface area contributed by atoms with E-state index in [0.717, 1.165) is 20.3 Å². The van der Waals surface area contributed by atoms with Crippen LogP contribution in [0.1, 0.15) is 22.8 Å². The average Bonchev–Trinajstić information content (AvgIpc) is 2.47. The molecule has 0 heterocycles. The highest BCUT2D eigenvalue weighted by molar-refractivity contribution is 14.1. The summed E-state index contributed by atoms with van der Waals surface area (Å²) in [4.78, 5) is 14.6. The summed E-state index contributed by atoms with van der Waals surface area (Å²) in [7, 11) is 0. The van der Waals surface area contributed by atoms with Crippen LogP contribution in [0.3, 0.4) is 0 Å². The Balaban J connectivity index is 2.25. The number of hydrogen-bond acceptors (Lipinski definition) is 1. The molecule has 0 atom stereocenters. The first-order valence-electron chi connectivity index (χ1n) is 6.80. The predicted octanol–water partition coefficient (Wildman–Crippen LogP) is 4.51. The minimum Gasteiger partial charge on any atom is -0.330 e. The van der Waals surface area contributed by atoms with Gasteiger partial charge in [-0.2, -0.15) is 0 Å². The minimum absolute atomic E-state index is 0.0480. The lowest BCUT2D eigenvalue weighted by Gasteiger charge is -2.23. The third-order valence-electron chi connectivity index (χ3n) is 3.07. The van der Waals surface area contributed by atoms with E-state index in [1.165, 1.54) is 0 Å². The van der Waals surface area contributed by atoms with Gasteiger partial charge in [0.2, 0.25) is 0 Å². The number of benzene rings is 2. The topological polar surface area (TPSA) is 20.3 Å². The van der Waals surface area contributed by atoms with Gasteiger partial charge in [-0.3, -0.25) is 4.79 Å². The van der Waals surface area contributed by atoms with Crippen LogP contribution in [0.15, 0.2) is 66.7 Å². The number of nitrogens with zero attached hydrogens (tertiary/aromatic N) is 1. The van der Waals surface area contributed by atoms with Crippen LogP contribution in [0.5, 0.6) is 0 Å². The second-order valence-corrected chi connectivity index (χ2v) is 6.25. The quantitative estimate of drug-likeness (QED) is 0.543. The Morgan fingerprint density at radius 3 is 2.33 bits per heavy atom. The fourth-order valence-corrected chi connectivity index (χ4v) is 2.75. The van der Waals surface area contributed by atoms with E-state index in [4.69, 9.17) is 0 Å². The summed E-state index contributed by atoms with van der Waals surface area (Å²) in [5.74, 6) is 0.0480. The molecule has 0 aromatic heterocycles. The lowest BCUT2D eigenvalue weighted by atomic mass is 10.1. The number of carbonyl (C=O) groups is 1. The Hall–Kier alpha value is -1.62. The summed E-state index contributed by atoms with van der Waals surface area (Å²) in [5.41, 5.74) is 2.85. The summed E-state index contributed by atoms with van der Waals surface area (Å²) < 4.78 is 0.972. The van der Waals surface area contributed by atoms with Crippen LogP contribution < -0.4 is 0 Å². The molecule has 0 unspecified atom stereocenters. The smallest absolute Gasteiger partial charge is 0.255 e. The first-order chi connectivity index (χ1) is 10.1. The van der Waals surface area contributed by atoms with E-state index in [-0.39, 0.29) is 5.91 Å². The van der Waals surface area contributed by atoms with Gasteiger partial charge in [-0.25, -0.2) is 0 Å². The van der Waals surface area contributed by atoms with E-state index < -0.39 is 0 Å². The monoisotopic (exact) mass is 391 g/mol. The van der Waals surface area contributed by atoms with Gasteiger partial charge < -0.3 is 4.90 Å². The minimum atomic E-state index is 0.0480. The van der Waals surface area contributed by atoms with Crippen LogP contribution in [-0.4, -0.2) is 17.4 Å². The van der Waals surface area contributed by atoms with E-state index >= 15 is 0 Å². The molecule has 2 nitrogen and oxygen atoms in total. The summed E-state index contributed by atoms with van der Waals surface area (Å²) in [6.45, 7) is 7.05. The molecular weight excluding hydrogens is 373 g/mol. The third-order valence-corrected chi connectivity index (χ3v) is 4.01. The van der Waals surface area contributed by atoms with Gasteiger partial charge in [-0.15, -0.1) is 0 Å². The van der Waals surface area contributed by atoms with Crippen molar-refractivity contribution >= 4 is 28.5 Å². The van der Waals surface area contributed by atoms with Gasteiger partial charge in [0.15, 0.2) is 0 Å². The second kappa shape index (κ2) is 7.41. The van der Waals surface area contributed by atoms with Gasteiger partial charge in [0.05, 0.1) is 5.56 Å². The molecule has 0 fully saturated rings. The Morgan fingerprint density at radius 1 is 1.10 bits per heavy atom. The van der Waals surface area contributed by atoms with Crippen LogP contribution in [0.2, 0.25) is 0 Å². The molecule has 0 aliphatic carbocycles. The highest BCUT2D eigenvalue weighted by atomic mass is 127. The Bertz CT molecular complexity index is 637. The first-order valence-corrected chi connectivity index (χ1v) is 7.88. The summed E-state index contributed by atoms with van der Waals surface area (Å²) in [6, 6.07) is 17.7. The number of carbonyl (C=O) groups excluding carboxylic acids is 1. The SMILES string of the molecule is C=C(C)CN(Cc1ccccc1)C(=O)c1ccccc1I. The molecule has 21 heavy (non-hydrogen) atoms. The molecule has 2 aromatic carbocycles. The van der Waals surface area contributed by atoms with Crippen LogP contribution >= 0.6 is 22.6 Å². The fraction of sp³-hybridized carbons (Fsp3) is 0.167. The maximum atomic E-state index is 12.8. The molecule has 2 rings (SSSR count). The van der Waals surface area contributed by atoms with Crippen LogP contribution in [0, 0.1) is 3.57 Å². The van der Waals surface area contributed by atoms with Crippen molar-refractivity contribution in [3.05, 3.63) is 81.4 Å². The van der Waals surface area contributed by atoms with Crippen molar-refractivity contribution in [1.29, 1.82) is 0 Å². The third kappa shape index (κ3) is 4.43. The Kier molecular flexibility index (Phi) is 5.56. The van der Waals surface area contributed by atoms with E-state index in [1.54, 1.807) is 0 Å². The number of halogens is 1. The summed E-state index contributed by atoms with van der Waals surface area (Å²) in [6.07, 6.45) is 0. The molecular formula is C18H18INO. The lowest BCUT2D eigenvalue weighted by molar-refractivity contribution is 0.0757. The molecule has 0 bridgehead atoms. The predicted molar refractivity (Wildman–Crippen MR) is 95.2 cm³/mol. The second-order valence-electron chi connectivity index (χ2n) is 5.08. The van der Waals surface area contributed by atoms with Crippen LogP contribution in [0.4, 0.5) is 0 Å². The summed E-state index contributed by atoms with van der Waals surface area (Å²) >= 11 is 2.20. The molecule has 0 radical (unpaired) electrons. The molecule has 0 spiro atoms. The van der Waals surface area contributed by atoms with Crippen molar-refractivity contribution < 1.29 is 4.79 Å². The van der Waals surface area contributed by atoms with E-state index in [0.29, 0.717) is 13.1 Å². The van der Waals surface area contributed by atoms with E-state index in [2.05, 4.69) is 29.2 Å². The van der Waals surface area contributed by atoms with Gasteiger partial charge in [-0.1, -0.05) is 54.6 Å². The van der Waals surface area contributed by atoms with Gasteiger partial charge in [-0.05, 0) is 47.2 Å². The van der Waals surface area contributed by atoms with Crippen LogP contribution in [0.25, 0.3) is 0 Å². The highest BCUT2D eigenvalue weighted by Gasteiger charge is 2.18. The van der Waals surface area contributed by atoms with Crippen molar-refractivity contribution in [1.82, 2.24) is 4.90 Å². The zero-order valence-corrected chi connectivity index (χ0v) is 14.2. The fourth-order valence-electron chi connectivity index (χ4n) is 2.13. The molecule has 0 saturated heterocycles. The van der Waals surface area contributed by atoms with Gasteiger partial charge in [0, 0.05) is 16.7 Å². The molecule has 108 valence electrons. The maximum Gasteiger partial charge on any atom is 0.255 e. The molecule has 0 saturated carbocycles. The van der Waals surface area contributed by atoms with Crippen molar-refractivity contribution in [2.24, 2.45) is 0 Å². The number of hydrogen-bond donors (Lipinski definition) is 0. The standard InChI is InChI=1S/C18H18INO/c1-14(2)12-20(13-15-8-4-3-5-9-15)18(21)16-10-6-7-11-17(16)19/h3-11H,1,12-13H2,2H3. The molecule has 0 N–H and O–H groups in total. The molecule has 0 aliphatic rings. The molecule has 0 aliphatic heterocycles. The van der Waals surface area contributed by atoms with E-state index in [1.807, 2.05) is 66.4 Å². The number of amides is 1.